The van der Waals surface area contributed by atoms with Gasteiger partial charge in [-0.05, 0) is 5.41 Å². The normalized spacial score (nSPS) is 26.3. The van der Waals surface area contributed by atoms with E-state index in [0.29, 0.717) is 0 Å². The fourth-order valence-corrected chi connectivity index (χ4v) is 2.98. The number of carbonyl (C=O) groups is 2. The van der Waals surface area contributed by atoms with E-state index in [1.165, 1.54) is 0 Å². The second-order valence-corrected chi connectivity index (χ2v) is 8.51. The molecule has 2 saturated heterocycles. The second kappa shape index (κ2) is 7.09. The molecule has 2 aliphatic rings. The third-order valence-corrected chi connectivity index (χ3v) is 4.79. The lowest BCUT2D eigenvalue weighted by atomic mass is 9.88. The van der Waals surface area contributed by atoms with Gasteiger partial charge in [-0.2, -0.15) is 13.5 Å². The van der Waals surface area contributed by atoms with E-state index in [0.717, 1.165) is 4.90 Å². The number of hydroxylamine groups is 3. The lowest BCUT2D eigenvalue weighted by molar-refractivity contribution is -0.159. The molecular weight excluding hydrogens is 394 g/mol. The highest BCUT2D eigenvalue weighted by Crippen LogP contribution is 2.41. The molecule has 2 bridgehead atoms. The fourth-order valence-electron chi connectivity index (χ4n) is 2.61. The van der Waals surface area contributed by atoms with Gasteiger partial charge in [0.2, 0.25) is 0 Å². The van der Waals surface area contributed by atoms with Crippen molar-refractivity contribution < 1.29 is 40.5 Å². The number of nitrogens with two attached hydrogens (primary N) is 1. The highest BCUT2D eigenvalue weighted by atomic mass is 32.3. The van der Waals surface area contributed by atoms with E-state index in [-0.39, 0.29) is 17.1 Å². The van der Waals surface area contributed by atoms with Crippen LogP contribution in [0, 0.1) is 5.41 Å². The number of carbonyl (C=O) groups excluding carboxylic acids is 2. The van der Waals surface area contributed by atoms with Crippen molar-refractivity contribution in [3.63, 3.8) is 0 Å². The van der Waals surface area contributed by atoms with Crippen LogP contribution in [0.5, 0.6) is 0 Å². The third-order valence-electron chi connectivity index (χ3n) is 4.44. The minimum Gasteiger partial charge on any atom is -0.325 e. The Hall–Kier alpha value is -1.61. The summed E-state index contributed by atoms with van der Waals surface area (Å²) in [5.74, 6) is -4.66. The molecule has 0 aromatic carbocycles. The average molecular weight is 416 g/mol. The van der Waals surface area contributed by atoms with Crippen LogP contribution < -0.4 is 11.2 Å². The van der Waals surface area contributed by atoms with Gasteiger partial charge in [-0.15, -0.1) is 4.28 Å². The summed E-state index contributed by atoms with van der Waals surface area (Å²) in [6.07, 6.45) is -1.07. The van der Waals surface area contributed by atoms with Gasteiger partial charge in [0.1, 0.15) is 12.1 Å². The van der Waals surface area contributed by atoms with Crippen molar-refractivity contribution in [2.45, 2.75) is 51.2 Å². The van der Waals surface area contributed by atoms with Crippen molar-refractivity contribution in [1.82, 2.24) is 15.4 Å². The molecule has 2 aliphatic heterocycles. The molecule has 2 heterocycles. The summed E-state index contributed by atoms with van der Waals surface area (Å²) in [6.45, 7) is 4.78. The van der Waals surface area contributed by atoms with Crippen molar-refractivity contribution in [3.8, 4) is 0 Å². The number of piperidine rings is 1. The summed E-state index contributed by atoms with van der Waals surface area (Å²) in [4.78, 5) is 30.1. The van der Waals surface area contributed by atoms with E-state index in [2.05, 4.69) is 4.28 Å². The van der Waals surface area contributed by atoms with Gasteiger partial charge in [0, 0.05) is 12.5 Å². The monoisotopic (exact) mass is 416 g/mol. The Labute approximate surface area is 154 Å². The zero-order valence-electron chi connectivity index (χ0n) is 14.9. The van der Waals surface area contributed by atoms with Gasteiger partial charge in [0.15, 0.2) is 0 Å². The molecule has 14 heteroatoms. The predicted octanol–water partition coefficient (Wildman–Crippen LogP) is -0.344. The van der Waals surface area contributed by atoms with Crippen LogP contribution >= 0.6 is 0 Å². The number of hydrogen-bond acceptors (Lipinski definition) is 7. The summed E-state index contributed by atoms with van der Waals surface area (Å²) in [7, 11) is -5.20. The van der Waals surface area contributed by atoms with Gasteiger partial charge in [-0.25, -0.2) is 19.1 Å². The van der Waals surface area contributed by atoms with Crippen molar-refractivity contribution in [1.29, 1.82) is 0 Å². The topological polar surface area (TPSA) is 151 Å². The summed E-state index contributed by atoms with van der Waals surface area (Å²) in [5.41, 5.74) is 7.51. The molecule has 3 amide bonds. The molecule has 2 rings (SSSR count). The Morgan fingerprint density at radius 1 is 1.48 bits per heavy atom. The first kappa shape index (κ1) is 21.7. The van der Waals surface area contributed by atoms with E-state index in [4.69, 9.17) is 15.1 Å². The standard InChI is InChI=1S/C13H22F2N4O7S/c1-12(2,3)8(16)6-25-17-10(20)7-4-13(14,15)9-5-18(7)11(21)19(9)26-27(22,23)24/h7-9H,4-6,16H2,1-3H3,(H,17,20)(H,22,23,24). The highest BCUT2D eigenvalue weighted by Gasteiger charge is 2.62. The quantitative estimate of drug-likeness (QED) is 0.393. The fraction of sp³-hybridized carbons (Fsp3) is 0.846. The van der Waals surface area contributed by atoms with Crippen LogP contribution in [0.25, 0.3) is 0 Å². The van der Waals surface area contributed by atoms with Gasteiger partial charge in [-0.3, -0.25) is 14.2 Å². The molecule has 0 aromatic heterocycles. The molecule has 0 aromatic rings. The highest BCUT2D eigenvalue weighted by molar-refractivity contribution is 7.80. The van der Waals surface area contributed by atoms with Crippen LogP contribution in [0.1, 0.15) is 27.2 Å². The van der Waals surface area contributed by atoms with Gasteiger partial charge < -0.3 is 10.6 Å². The van der Waals surface area contributed by atoms with Crippen LogP contribution in [0.2, 0.25) is 0 Å². The molecule has 0 spiro atoms. The summed E-state index contributed by atoms with van der Waals surface area (Å²) < 4.78 is 62.8. The molecule has 27 heavy (non-hydrogen) atoms. The molecule has 156 valence electrons. The van der Waals surface area contributed by atoms with Crippen LogP contribution in [0.15, 0.2) is 0 Å². The maximum atomic E-state index is 14.3. The molecular formula is C13H22F2N4O7S. The molecule has 3 atom stereocenters. The largest absolute Gasteiger partial charge is 0.418 e. The third kappa shape index (κ3) is 4.82. The van der Waals surface area contributed by atoms with E-state index in [9.17, 15) is 26.8 Å². The van der Waals surface area contributed by atoms with Gasteiger partial charge in [0.05, 0.1) is 13.2 Å². The molecule has 0 saturated carbocycles. The zero-order chi connectivity index (χ0) is 20.8. The molecule has 0 aliphatic carbocycles. The maximum absolute atomic E-state index is 14.3. The smallest absolute Gasteiger partial charge is 0.325 e. The van der Waals surface area contributed by atoms with Crippen LogP contribution in [0.3, 0.4) is 0 Å². The van der Waals surface area contributed by atoms with Crippen molar-refractivity contribution in [3.05, 3.63) is 0 Å². The van der Waals surface area contributed by atoms with Crippen molar-refractivity contribution >= 4 is 22.3 Å². The summed E-state index contributed by atoms with van der Waals surface area (Å²) >= 11 is 0. The van der Waals surface area contributed by atoms with E-state index >= 15 is 0 Å². The minimum atomic E-state index is -5.20. The van der Waals surface area contributed by atoms with Crippen molar-refractivity contribution in [2.75, 3.05) is 13.2 Å². The number of nitrogens with zero attached hydrogens (tertiary/aromatic N) is 2. The number of nitrogens with one attached hydrogen (secondary N) is 1. The average Bonchev–Trinajstić information content (AvgIpc) is 2.76. The predicted molar refractivity (Wildman–Crippen MR) is 85.2 cm³/mol. The molecule has 11 nitrogen and oxygen atoms in total. The number of fused-ring (bicyclic) bond motifs is 2. The van der Waals surface area contributed by atoms with Gasteiger partial charge in [0.25, 0.3) is 11.8 Å². The van der Waals surface area contributed by atoms with E-state index in [1.54, 1.807) is 0 Å². The Kier molecular flexibility index (Phi) is 5.69. The zero-order valence-corrected chi connectivity index (χ0v) is 15.7. The van der Waals surface area contributed by atoms with E-state index < -0.39 is 59.4 Å². The number of urea groups is 1. The van der Waals surface area contributed by atoms with Gasteiger partial charge in [-0.1, -0.05) is 20.8 Å². The molecule has 0 radical (unpaired) electrons. The Bertz CT molecular complexity index is 712. The SMILES string of the molecule is CC(C)(C)C(N)CONC(=O)C1CC(F)(F)C2CN1C(=O)N2OS(=O)(=O)O. The first-order valence-corrected chi connectivity index (χ1v) is 9.32. The van der Waals surface area contributed by atoms with Gasteiger partial charge >= 0.3 is 16.4 Å². The minimum absolute atomic E-state index is 0.0904. The number of halogens is 2. The lowest BCUT2D eigenvalue weighted by Gasteiger charge is -2.34. The maximum Gasteiger partial charge on any atom is 0.418 e. The van der Waals surface area contributed by atoms with Crippen LogP contribution in [0.4, 0.5) is 13.6 Å². The summed E-state index contributed by atoms with van der Waals surface area (Å²) in [5, 5.41) is -0.140. The Morgan fingerprint density at radius 2 is 2.07 bits per heavy atom. The van der Waals surface area contributed by atoms with Crippen LogP contribution in [-0.2, 0) is 24.3 Å². The number of hydrogen-bond donors (Lipinski definition) is 3. The lowest BCUT2D eigenvalue weighted by Crippen LogP contribution is -2.56. The number of amides is 3. The Balaban J connectivity index is 2.07. The second-order valence-electron chi connectivity index (χ2n) is 7.51. The molecule has 3 unspecified atom stereocenters. The number of alkyl halides is 2. The first-order valence-electron chi connectivity index (χ1n) is 7.95. The summed E-state index contributed by atoms with van der Waals surface area (Å²) in [6, 6.07) is -5.33. The van der Waals surface area contributed by atoms with E-state index in [1.807, 2.05) is 26.3 Å². The Morgan fingerprint density at radius 3 is 2.59 bits per heavy atom. The molecule has 4 N–H and O–H groups in total. The molecule has 2 fully saturated rings. The number of rotatable bonds is 6. The van der Waals surface area contributed by atoms with Crippen molar-refractivity contribution in [2.24, 2.45) is 11.1 Å². The first-order chi connectivity index (χ1) is 12.1. The van der Waals surface area contributed by atoms with Crippen LogP contribution in [-0.4, -0.2) is 72.1 Å².